The first-order valence-corrected chi connectivity index (χ1v) is 9.81. The number of amides is 1. The molecule has 6 heteroatoms. The molecular formula is C20H31N3O3. The van der Waals surface area contributed by atoms with Gasteiger partial charge in [-0.15, -0.1) is 0 Å². The molecule has 26 heavy (non-hydrogen) atoms. The molecule has 2 heterocycles. The summed E-state index contributed by atoms with van der Waals surface area (Å²) >= 11 is 0. The molecule has 1 amide bonds. The summed E-state index contributed by atoms with van der Waals surface area (Å²) in [6.07, 6.45) is 2.79. The summed E-state index contributed by atoms with van der Waals surface area (Å²) < 4.78 is 11.4. The van der Waals surface area contributed by atoms with Crippen LogP contribution in [0.5, 0.6) is 5.75 Å². The quantitative estimate of drug-likeness (QED) is 0.711. The SMILES string of the molecule is O=C1CCN(Cc2ccccc2OCCCCN2CCOCC2)CCN1. The number of hydrogen-bond donors (Lipinski definition) is 1. The molecule has 0 atom stereocenters. The fraction of sp³-hybridized carbons (Fsp3) is 0.650. The molecule has 1 aromatic rings. The number of rotatable bonds is 8. The lowest BCUT2D eigenvalue weighted by Crippen LogP contribution is -2.36. The number of hydrogen-bond acceptors (Lipinski definition) is 5. The van der Waals surface area contributed by atoms with E-state index in [1.807, 2.05) is 6.07 Å². The zero-order chi connectivity index (χ0) is 18.0. The summed E-state index contributed by atoms with van der Waals surface area (Å²) in [5.41, 5.74) is 1.20. The van der Waals surface area contributed by atoms with Gasteiger partial charge in [0, 0.05) is 51.3 Å². The second-order valence-electron chi connectivity index (χ2n) is 6.99. The Hall–Kier alpha value is -1.63. The Bertz CT molecular complexity index is 561. The van der Waals surface area contributed by atoms with Crippen LogP contribution < -0.4 is 10.1 Å². The summed E-state index contributed by atoms with van der Waals surface area (Å²) in [5.74, 6) is 1.12. The standard InChI is InChI=1S/C20H31N3O3/c24-20-7-10-23(11-8-21-20)17-18-5-1-2-6-19(18)26-14-4-3-9-22-12-15-25-16-13-22/h1-2,5-6H,3-4,7-17H2,(H,21,24). The second kappa shape index (κ2) is 10.5. The van der Waals surface area contributed by atoms with Crippen molar-refractivity contribution in [3.63, 3.8) is 0 Å². The predicted octanol–water partition coefficient (Wildman–Crippen LogP) is 1.50. The van der Waals surface area contributed by atoms with Crippen LogP contribution in [0.4, 0.5) is 0 Å². The third-order valence-corrected chi connectivity index (χ3v) is 5.00. The van der Waals surface area contributed by atoms with Gasteiger partial charge < -0.3 is 14.8 Å². The third-order valence-electron chi connectivity index (χ3n) is 5.00. The molecule has 0 bridgehead atoms. The Morgan fingerprint density at radius 1 is 1.04 bits per heavy atom. The number of ether oxygens (including phenoxy) is 2. The van der Waals surface area contributed by atoms with E-state index in [9.17, 15) is 4.79 Å². The van der Waals surface area contributed by atoms with Gasteiger partial charge in [0.25, 0.3) is 0 Å². The largest absolute Gasteiger partial charge is 0.493 e. The van der Waals surface area contributed by atoms with Crippen LogP contribution in [0, 0.1) is 0 Å². The van der Waals surface area contributed by atoms with E-state index in [-0.39, 0.29) is 5.91 Å². The number of nitrogens with zero attached hydrogens (tertiary/aromatic N) is 2. The van der Waals surface area contributed by atoms with Crippen LogP contribution in [-0.4, -0.2) is 74.8 Å². The highest BCUT2D eigenvalue weighted by atomic mass is 16.5. The summed E-state index contributed by atoms with van der Waals surface area (Å²) in [5, 5.41) is 2.93. The van der Waals surface area contributed by atoms with Crippen molar-refractivity contribution >= 4 is 5.91 Å². The van der Waals surface area contributed by atoms with Crippen LogP contribution in [0.15, 0.2) is 24.3 Å². The molecule has 2 fully saturated rings. The molecule has 0 saturated carbocycles. The van der Waals surface area contributed by atoms with Crippen molar-refractivity contribution in [2.75, 3.05) is 59.1 Å². The molecule has 1 N–H and O–H groups in total. The van der Waals surface area contributed by atoms with Crippen molar-refractivity contribution in [1.29, 1.82) is 0 Å². The fourth-order valence-corrected chi connectivity index (χ4v) is 3.43. The highest BCUT2D eigenvalue weighted by Gasteiger charge is 2.15. The van der Waals surface area contributed by atoms with Crippen molar-refractivity contribution in [3.05, 3.63) is 29.8 Å². The number of carbonyl (C=O) groups is 1. The molecule has 0 aromatic heterocycles. The molecule has 6 nitrogen and oxygen atoms in total. The van der Waals surface area contributed by atoms with Crippen molar-refractivity contribution in [1.82, 2.24) is 15.1 Å². The fourth-order valence-electron chi connectivity index (χ4n) is 3.43. The van der Waals surface area contributed by atoms with Gasteiger partial charge in [-0.05, 0) is 25.5 Å². The second-order valence-corrected chi connectivity index (χ2v) is 6.99. The Kier molecular flexibility index (Phi) is 7.73. The molecule has 1 aromatic carbocycles. The molecular weight excluding hydrogens is 330 g/mol. The number of carbonyl (C=O) groups excluding carboxylic acids is 1. The van der Waals surface area contributed by atoms with E-state index < -0.39 is 0 Å². The molecule has 3 rings (SSSR count). The minimum absolute atomic E-state index is 0.150. The Morgan fingerprint density at radius 2 is 1.88 bits per heavy atom. The van der Waals surface area contributed by atoms with Crippen molar-refractivity contribution in [2.45, 2.75) is 25.8 Å². The van der Waals surface area contributed by atoms with E-state index in [0.29, 0.717) is 6.42 Å². The maximum Gasteiger partial charge on any atom is 0.221 e. The van der Waals surface area contributed by atoms with Crippen LogP contribution >= 0.6 is 0 Å². The molecule has 2 saturated heterocycles. The summed E-state index contributed by atoms with van der Waals surface area (Å²) in [7, 11) is 0. The number of morpholine rings is 1. The summed E-state index contributed by atoms with van der Waals surface area (Å²) in [6, 6.07) is 8.27. The van der Waals surface area contributed by atoms with Crippen LogP contribution in [0.25, 0.3) is 0 Å². The van der Waals surface area contributed by atoms with E-state index in [1.165, 1.54) is 5.56 Å². The van der Waals surface area contributed by atoms with E-state index in [2.05, 4.69) is 33.3 Å². The van der Waals surface area contributed by atoms with E-state index in [1.54, 1.807) is 0 Å². The van der Waals surface area contributed by atoms with Gasteiger partial charge in [-0.2, -0.15) is 0 Å². The van der Waals surface area contributed by atoms with Gasteiger partial charge in [-0.1, -0.05) is 18.2 Å². The van der Waals surface area contributed by atoms with Gasteiger partial charge in [-0.25, -0.2) is 0 Å². The molecule has 0 aliphatic carbocycles. The normalized spacial score (nSPS) is 19.8. The van der Waals surface area contributed by atoms with E-state index in [0.717, 1.165) is 84.2 Å². The van der Waals surface area contributed by atoms with Gasteiger partial charge in [0.1, 0.15) is 5.75 Å². The number of unbranched alkanes of at least 4 members (excludes halogenated alkanes) is 1. The topological polar surface area (TPSA) is 54.0 Å². The Balaban J connectivity index is 1.41. The molecule has 0 unspecified atom stereocenters. The predicted molar refractivity (Wildman–Crippen MR) is 101 cm³/mol. The first kappa shape index (κ1) is 19.1. The summed E-state index contributed by atoms with van der Waals surface area (Å²) in [4.78, 5) is 16.3. The van der Waals surface area contributed by atoms with Crippen LogP contribution in [0.2, 0.25) is 0 Å². The first-order valence-electron chi connectivity index (χ1n) is 9.81. The van der Waals surface area contributed by atoms with Crippen LogP contribution in [0.3, 0.4) is 0 Å². The maximum absolute atomic E-state index is 11.5. The summed E-state index contributed by atoms with van der Waals surface area (Å²) in [6.45, 7) is 8.96. The van der Waals surface area contributed by atoms with Gasteiger partial charge >= 0.3 is 0 Å². The lowest BCUT2D eigenvalue weighted by molar-refractivity contribution is -0.120. The van der Waals surface area contributed by atoms with Crippen molar-refractivity contribution in [2.24, 2.45) is 0 Å². The van der Waals surface area contributed by atoms with Crippen molar-refractivity contribution in [3.8, 4) is 5.75 Å². The molecule has 2 aliphatic rings. The van der Waals surface area contributed by atoms with E-state index >= 15 is 0 Å². The average Bonchev–Trinajstić information content (AvgIpc) is 2.88. The lowest BCUT2D eigenvalue weighted by Gasteiger charge is -2.26. The monoisotopic (exact) mass is 361 g/mol. The highest BCUT2D eigenvalue weighted by molar-refractivity contribution is 5.76. The number of para-hydroxylation sites is 1. The zero-order valence-corrected chi connectivity index (χ0v) is 15.6. The zero-order valence-electron chi connectivity index (χ0n) is 15.6. The van der Waals surface area contributed by atoms with Gasteiger partial charge in [0.2, 0.25) is 5.91 Å². The number of nitrogens with one attached hydrogen (secondary N) is 1. The van der Waals surface area contributed by atoms with Crippen LogP contribution in [-0.2, 0) is 16.1 Å². The van der Waals surface area contributed by atoms with Gasteiger partial charge in [-0.3, -0.25) is 14.6 Å². The van der Waals surface area contributed by atoms with Gasteiger partial charge in [0.05, 0.1) is 19.8 Å². The molecule has 144 valence electrons. The average molecular weight is 361 g/mol. The van der Waals surface area contributed by atoms with Crippen LogP contribution in [0.1, 0.15) is 24.8 Å². The molecule has 2 aliphatic heterocycles. The van der Waals surface area contributed by atoms with Crippen molar-refractivity contribution < 1.29 is 14.3 Å². The van der Waals surface area contributed by atoms with Gasteiger partial charge in [0.15, 0.2) is 0 Å². The third kappa shape index (κ3) is 6.27. The molecule has 0 spiro atoms. The Labute approximate surface area is 156 Å². The smallest absolute Gasteiger partial charge is 0.221 e. The highest BCUT2D eigenvalue weighted by Crippen LogP contribution is 2.20. The number of benzene rings is 1. The minimum Gasteiger partial charge on any atom is -0.493 e. The first-order chi connectivity index (χ1) is 12.8. The van der Waals surface area contributed by atoms with E-state index in [4.69, 9.17) is 9.47 Å². The molecule has 0 radical (unpaired) electrons. The Morgan fingerprint density at radius 3 is 2.77 bits per heavy atom. The maximum atomic E-state index is 11.5. The minimum atomic E-state index is 0.150. The lowest BCUT2D eigenvalue weighted by atomic mass is 10.2.